The Morgan fingerprint density at radius 2 is 2.17 bits per heavy atom. The van der Waals surface area contributed by atoms with Crippen molar-refractivity contribution in [2.45, 2.75) is 0 Å². The number of hydrogen-bond acceptors (Lipinski definition) is 3. The highest BCUT2D eigenvalue weighted by atomic mass is 35.5. The number of ether oxygens (including phenoxy) is 1. The Bertz CT molecular complexity index is 306. The molecular formula is C8H9ClN2O. The second kappa shape index (κ2) is 4.47. The maximum Gasteiger partial charge on any atom is 0.141 e. The van der Waals surface area contributed by atoms with Crippen LogP contribution in [0.3, 0.4) is 0 Å². The van der Waals surface area contributed by atoms with Crippen LogP contribution in [-0.2, 0) is 0 Å². The van der Waals surface area contributed by atoms with Crippen LogP contribution in [0.2, 0.25) is 0 Å². The van der Waals surface area contributed by atoms with Gasteiger partial charge in [-0.25, -0.2) is 0 Å². The average Bonchev–Trinajstić information content (AvgIpc) is 2.04. The average molecular weight is 185 g/mol. The van der Waals surface area contributed by atoms with E-state index in [0.29, 0.717) is 17.0 Å². The summed E-state index contributed by atoms with van der Waals surface area (Å²) in [4.78, 5) is 0. The summed E-state index contributed by atoms with van der Waals surface area (Å²) in [5.41, 5.74) is 6.57. The smallest absolute Gasteiger partial charge is 0.141 e. The molecule has 0 atom stereocenters. The molecule has 0 saturated heterocycles. The molecule has 0 aromatic heterocycles. The van der Waals surface area contributed by atoms with Gasteiger partial charge in [0.2, 0.25) is 0 Å². The number of nitrogens with two attached hydrogens (primary N) is 1. The molecular weight excluding hydrogens is 176 g/mol. The lowest BCUT2D eigenvalue weighted by atomic mass is 10.2. The Morgan fingerprint density at radius 1 is 1.50 bits per heavy atom. The first kappa shape index (κ1) is 10.6. The fraction of sp³-hybridized carbons (Fsp3) is 0.125. The van der Waals surface area contributed by atoms with Crippen LogP contribution >= 0.6 is 12.4 Å². The molecule has 0 spiro atoms. The first-order valence-electron chi connectivity index (χ1n) is 3.11. The molecule has 0 saturated carbocycles. The monoisotopic (exact) mass is 184 g/mol. The van der Waals surface area contributed by atoms with Gasteiger partial charge < -0.3 is 10.5 Å². The molecule has 0 aliphatic carbocycles. The zero-order valence-electron chi connectivity index (χ0n) is 6.57. The Labute approximate surface area is 77.2 Å². The van der Waals surface area contributed by atoms with Gasteiger partial charge in [-0.15, -0.1) is 12.4 Å². The van der Waals surface area contributed by atoms with Crippen molar-refractivity contribution in [1.29, 1.82) is 5.26 Å². The summed E-state index contributed by atoms with van der Waals surface area (Å²) >= 11 is 0. The molecule has 64 valence electrons. The first-order valence-corrected chi connectivity index (χ1v) is 3.11. The Morgan fingerprint density at radius 3 is 2.58 bits per heavy atom. The summed E-state index contributed by atoms with van der Waals surface area (Å²) in [5, 5.41) is 8.48. The second-order valence-corrected chi connectivity index (χ2v) is 2.07. The number of rotatable bonds is 1. The Balaban J connectivity index is 0.00000121. The van der Waals surface area contributed by atoms with Gasteiger partial charge in [0.1, 0.15) is 5.75 Å². The molecule has 0 unspecified atom stereocenters. The van der Waals surface area contributed by atoms with Crippen molar-refractivity contribution in [3.8, 4) is 11.8 Å². The molecule has 4 heteroatoms. The van der Waals surface area contributed by atoms with E-state index in [2.05, 4.69) is 0 Å². The van der Waals surface area contributed by atoms with Crippen molar-refractivity contribution in [2.75, 3.05) is 12.8 Å². The molecule has 0 bridgehead atoms. The third kappa shape index (κ3) is 2.04. The van der Waals surface area contributed by atoms with Gasteiger partial charge in [0.25, 0.3) is 0 Å². The Hall–Kier alpha value is -1.40. The lowest BCUT2D eigenvalue weighted by Crippen LogP contribution is -1.92. The van der Waals surface area contributed by atoms with E-state index >= 15 is 0 Å². The normalized spacial score (nSPS) is 8.00. The SMILES string of the molecule is COc1ccc(C#N)cc1N.Cl. The van der Waals surface area contributed by atoms with Crippen molar-refractivity contribution < 1.29 is 4.74 Å². The molecule has 0 heterocycles. The lowest BCUT2D eigenvalue weighted by molar-refractivity contribution is 0.417. The third-order valence-corrected chi connectivity index (χ3v) is 1.36. The number of nitrogens with zero attached hydrogens (tertiary/aromatic N) is 1. The van der Waals surface area contributed by atoms with Gasteiger partial charge in [-0.05, 0) is 18.2 Å². The van der Waals surface area contributed by atoms with E-state index in [1.165, 1.54) is 7.11 Å². The highest BCUT2D eigenvalue weighted by molar-refractivity contribution is 5.85. The number of nitrogen functional groups attached to an aromatic ring is 1. The highest BCUT2D eigenvalue weighted by Crippen LogP contribution is 2.20. The van der Waals surface area contributed by atoms with Gasteiger partial charge in [-0.1, -0.05) is 0 Å². The van der Waals surface area contributed by atoms with Gasteiger partial charge in [-0.2, -0.15) is 5.26 Å². The zero-order chi connectivity index (χ0) is 8.27. The van der Waals surface area contributed by atoms with E-state index in [1.54, 1.807) is 18.2 Å². The molecule has 0 amide bonds. The number of hydrogen-bond donors (Lipinski definition) is 1. The Kier molecular flexibility index (Phi) is 3.95. The van der Waals surface area contributed by atoms with Crippen LogP contribution in [0.15, 0.2) is 18.2 Å². The van der Waals surface area contributed by atoms with Crippen LogP contribution < -0.4 is 10.5 Å². The first-order chi connectivity index (χ1) is 5.27. The van der Waals surface area contributed by atoms with Crippen molar-refractivity contribution in [2.24, 2.45) is 0 Å². The van der Waals surface area contributed by atoms with Crippen LogP contribution in [0.5, 0.6) is 5.75 Å². The highest BCUT2D eigenvalue weighted by Gasteiger charge is 1.98. The molecule has 1 aromatic rings. The van der Waals surface area contributed by atoms with E-state index in [9.17, 15) is 0 Å². The summed E-state index contributed by atoms with van der Waals surface area (Å²) < 4.78 is 4.91. The van der Waals surface area contributed by atoms with Gasteiger partial charge in [0.05, 0.1) is 24.4 Å². The van der Waals surface area contributed by atoms with Gasteiger partial charge in [-0.3, -0.25) is 0 Å². The molecule has 1 rings (SSSR count). The topological polar surface area (TPSA) is 59.0 Å². The molecule has 12 heavy (non-hydrogen) atoms. The van der Waals surface area contributed by atoms with Crippen molar-refractivity contribution in [3.05, 3.63) is 23.8 Å². The van der Waals surface area contributed by atoms with Gasteiger partial charge in [0, 0.05) is 0 Å². The summed E-state index contributed by atoms with van der Waals surface area (Å²) in [6.45, 7) is 0. The zero-order valence-corrected chi connectivity index (χ0v) is 7.39. The molecule has 3 nitrogen and oxygen atoms in total. The summed E-state index contributed by atoms with van der Waals surface area (Å²) in [5.74, 6) is 0.601. The largest absolute Gasteiger partial charge is 0.495 e. The number of anilines is 1. The second-order valence-electron chi connectivity index (χ2n) is 2.07. The van der Waals surface area contributed by atoms with Crippen molar-refractivity contribution in [3.63, 3.8) is 0 Å². The third-order valence-electron chi connectivity index (χ3n) is 1.36. The number of methoxy groups -OCH3 is 1. The predicted molar refractivity (Wildman–Crippen MR) is 49.4 cm³/mol. The van der Waals surface area contributed by atoms with Gasteiger partial charge >= 0.3 is 0 Å². The van der Waals surface area contributed by atoms with Crippen LogP contribution in [0.1, 0.15) is 5.56 Å². The lowest BCUT2D eigenvalue weighted by Gasteiger charge is -2.02. The van der Waals surface area contributed by atoms with Crippen LogP contribution in [0, 0.1) is 11.3 Å². The molecule has 0 aliphatic heterocycles. The quantitative estimate of drug-likeness (QED) is 0.674. The van der Waals surface area contributed by atoms with E-state index in [1.807, 2.05) is 6.07 Å². The van der Waals surface area contributed by atoms with E-state index in [-0.39, 0.29) is 12.4 Å². The predicted octanol–water partition coefficient (Wildman–Crippen LogP) is 1.57. The number of benzene rings is 1. The van der Waals surface area contributed by atoms with E-state index < -0.39 is 0 Å². The standard InChI is InChI=1S/C8H8N2O.ClH/c1-11-8-3-2-6(5-9)4-7(8)10;/h2-4H,10H2,1H3;1H. The maximum absolute atomic E-state index is 8.48. The van der Waals surface area contributed by atoms with Crippen molar-refractivity contribution in [1.82, 2.24) is 0 Å². The van der Waals surface area contributed by atoms with Gasteiger partial charge in [0.15, 0.2) is 0 Å². The number of nitriles is 1. The van der Waals surface area contributed by atoms with Crippen LogP contribution in [0.4, 0.5) is 5.69 Å². The fourth-order valence-electron chi connectivity index (χ4n) is 0.804. The fourth-order valence-corrected chi connectivity index (χ4v) is 0.804. The van der Waals surface area contributed by atoms with E-state index in [4.69, 9.17) is 15.7 Å². The van der Waals surface area contributed by atoms with E-state index in [0.717, 1.165) is 0 Å². The minimum absolute atomic E-state index is 0. The van der Waals surface area contributed by atoms with Crippen molar-refractivity contribution >= 4 is 18.1 Å². The summed E-state index contributed by atoms with van der Waals surface area (Å²) in [6, 6.07) is 6.90. The molecule has 0 radical (unpaired) electrons. The van der Waals surface area contributed by atoms with Crippen LogP contribution in [0.25, 0.3) is 0 Å². The summed E-state index contributed by atoms with van der Waals surface area (Å²) in [6.07, 6.45) is 0. The molecule has 0 aliphatic rings. The minimum atomic E-state index is 0. The molecule has 1 aromatic carbocycles. The summed E-state index contributed by atoms with van der Waals surface area (Å²) in [7, 11) is 1.54. The maximum atomic E-state index is 8.48. The minimum Gasteiger partial charge on any atom is -0.495 e. The number of halogens is 1. The molecule has 2 N–H and O–H groups in total. The van der Waals surface area contributed by atoms with Crippen LogP contribution in [-0.4, -0.2) is 7.11 Å². The molecule has 0 fully saturated rings.